The summed E-state index contributed by atoms with van der Waals surface area (Å²) in [6.07, 6.45) is 1.34. The number of carbonyl (C=O) groups is 1. The van der Waals surface area contributed by atoms with Crippen molar-refractivity contribution in [2.75, 3.05) is 0 Å². The van der Waals surface area contributed by atoms with E-state index >= 15 is 4.39 Å². The fourth-order valence-corrected chi connectivity index (χ4v) is 5.45. The first-order valence-electron chi connectivity index (χ1n) is 9.58. The van der Waals surface area contributed by atoms with E-state index in [1.54, 1.807) is 4.57 Å². The number of carboxylic acids is 1. The van der Waals surface area contributed by atoms with E-state index in [9.17, 15) is 14.7 Å². The number of aromatic nitrogens is 1. The first kappa shape index (κ1) is 21.2. The summed E-state index contributed by atoms with van der Waals surface area (Å²) in [6.45, 7) is 2.29. The molecule has 156 valence electrons. The van der Waals surface area contributed by atoms with Crippen molar-refractivity contribution in [3.63, 3.8) is 0 Å². The highest BCUT2D eigenvalue weighted by atomic mass is 32.2. The van der Waals surface area contributed by atoms with E-state index in [0.29, 0.717) is 21.9 Å². The zero-order valence-corrected chi connectivity index (χ0v) is 18.2. The molecule has 31 heavy (non-hydrogen) atoms. The van der Waals surface area contributed by atoms with E-state index in [2.05, 4.69) is 0 Å². The van der Waals surface area contributed by atoms with Gasteiger partial charge in [-0.05, 0) is 37.3 Å². The fraction of sp³-hybridized carbons (Fsp3) is 0.0833. The van der Waals surface area contributed by atoms with Crippen LogP contribution in [0.2, 0.25) is 0 Å². The number of nitrogens with zero attached hydrogens (tertiary/aromatic N) is 1. The summed E-state index contributed by atoms with van der Waals surface area (Å²) >= 11 is 2.64. The molecule has 7 heteroatoms. The first-order valence-corrected chi connectivity index (χ1v) is 11.2. The molecule has 1 aromatic heterocycles. The fourth-order valence-electron chi connectivity index (χ4n) is 3.29. The number of rotatable bonds is 6. The summed E-state index contributed by atoms with van der Waals surface area (Å²) in [6, 6.07) is 20.1. The van der Waals surface area contributed by atoms with Crippen LogP contribution < -0.4 is 5.43 Å². The van der Waals surface area contributed by atoms with Gasteiger partial charge in [-0.1, -0.05) is 59.9 Å². The SMILES string of the molecule is CCn1cc(C(=O)O)c(=O)c2cc(F)c(Sc3ccccc3)c(Sc3ccccc3)c21. The summed E-state index contributed by atoms with van der Waals surface area (Å²) in [5, 5.41) is 9.52. The molecule has 0 saturated carbocycles. The predicted molar refractivity (Wildman–Crippen MR) is 122 cm³/mol. The lowest BCUT2D eigenvalue weighted by molar-refractivity contribution is 0.0695. The topological polar surface area (TPSA) is 59.3 Å². The van der Waals surface area contributed by atoms with Gasteiger partial charge in [0.15, 0.2) is 0 Å². The number of hydrogen-bond donors (Lipinski definition) is 1. The van der Waals surface area contributed by atoms with Gasteiger partial charge < -0.3 is 9.67 Å². The molecule has 0 spiro atoms. The van der Waals surface area contributed by atoms with Crippen molar-refractivity contribution in [1.82, 2.24) is 4.57 Å². The van der Waals surface area contributed by atoms with Crippen LogP contribution in [0.15, 0.2) is 97.3 Å². The lowest BCUT2D eigenvalue weighted by Crippen LogP contribution is -2.19. The van der Waals surface area contributed by atoms with Crippen molar-refractivity contribution in [3.8, 4) is 0 Å². The van der Waals surface area contributed by atoms with Gasteiger partial charge in [0.1, 0.15) is 11.4 Å². The lowest BCUT2D eigenvalue weighted by Gasteiger charge is -2.18. The van der Waals surface area contributed by atoms with Crippen molar-refractivity contribution in [2.45, 2.75) is 33.1 Å². The Morgan fingerprint density at radius 1 is 0.968 bits per heavy atom. The third-order valence-electron chi connectivity index (χ3n) is 4.72. The van der Waals surface area contributed by atoms with Gasteiger partial charge in [-0.2, -0.15) is 0 Å². The van der Waals surface area contributed by atoms with Gasteiger partial charge in [0, 0.05) is 22.5 Å². The minimum atomic E-state index is -1.32. The van der Waals surface area contributed by atoms with Crippen molar-refractivity contribution < 1.29 is 14.3 Å². The Hall–Kier alpha value is -3.03. The average molecular weight is 452 g/mol. The van der Waals surface area contributed by atoms with Crippen LogP contribution in [0.3, 0.4) is 0 Å². The third kappa shape index (κ3) is 4.24. The van der Waals surface area contributed by atoms with Gasteiger partial charge in [-0.25, -0.2) is 9.18 Å². The molecule has 0 aliphatic heterocycles. The number of benzene rings is 3. The van der Waals surface area contributed by atoms with E-state index in [-0.39, 0.29) is 10.9 Å². The molecule has 0 bridgehead atoms. The lowest BCUT2D eigenvalue weighted by atomic mass is 10.1. The van der Waals surface area contributed by atoms with Gasteiger partial charge in [0.05, 0.1) is 20.7 Å². The number of hydrogen-bond acceptors (Lipinski definition) is 4. The number of halogens is 1. The molecule has 4 rings (SSSR count). The molecule has 0 fully saturated rings. The molecular weight excluding hydrogens is 433 g/mol. The largest absolute Gasteiger partial charge is 0.477 e. The molecule has 4 aromatic rings. The second kappa shape index (κ2) is 8.99. The third-order valence-corrected chi connectivity index (χ3v) is 7.07. The quantitative estimate of drug-likeness (QED) is 0.380. The van der Waals surface area contributed by atoms with Gasteiger partial charge in [0.25, 0.3) is 0 Å². The molecule has 1 heterocycles. The van der Waals surface area contributed by atoms with E-state index in [1.807, 2.05) is 67.6 Å². The van der Waals surface area contributed by atoms with Gasteiger partial charge in [-0.15, -0.1) is 0 Å². The smallest absolute Gasteiger partial charge is 0.341 e. The van der Waals surface area contributed by atoms with Crippen LogP contribution in [0.5, 0.6) is 0 Å². The molecule has 0 aliphatic rings. The Balaban J connectivity index is 2.05. The van der Waals surface area contributed by atoms with Gasteiger partial charge >= 0.3 is 5.97 Å². The van der Waals surface area contributed by atoms with Crippen LogP contribution in [0.25, 0.3) is 10.9 Å². The normalized spacial score (nSPS) is 11.0. The van der Waals surface area contributed by atoms with Crippen LogP contribution in [-0.4, -0.2) is 15.6 Å². The number of carboxylic acid groups (broad SMARTS) is 1. The maximum absolute atomic E-state index is 15.4. The van der Waals surface area contributed by atoms with Crippen LogP contribution in [0.1, 0.15) is 17.3 Å². The monoisotopic (exact) mass is 451 g/mol. The number of fused-ring (bicyclic) bond motifs is 1. The minimum absolute atomic E-state index is 0.0649. The van der Waals surface area contributed by atoms with Crippen LogP contribution in [-0.2, 0) is 6.54 Å². The molecule has 0 atom stereocenters. The molecule has 3 aromatic carbocycles. The highest BCUT2D eigenvalue weighted by molar-refractivity contribution is 8.02. The number of aromatic carboxylic acids is 1. The van der Waals surface area contributed by atoms with Crippen LogP contribution in [0.4, 0.5) is 4.39 Å². The standard InChI is InChI=1S/C24H18FNO3S2/c1-2-26-14-18(24(28)29)21(27)17-13-19(25)22(30-15-9-5-3-6-10-15)23(20(17)26)31-16-11-7-4-8-12-16/h3-14H,2H2,1H3,(H,28,29). The first-order chi connectivity index (χ1) is 15.0. The van der Waals surface area contributed by atoms with E-state index in [4.69, 9.17) is 0 Å². The predicted octanol–water partition coefficient (Wildman–Crippen LogP) is 6.16. The van der Waals surface area contributed by atoms with Crippen molar-refractivity contribution in [2.24, 2.45) is 0 Å². The van der Waals surface area contributed by atoms with E-state index in [1.165, 1.54) is 29.7 Å². The zero-order chi connectivity index (χ0) is 22.0. The summed E-state index contributed by atoms with van der Waals surface area (Å²) in [7, 11) is 0. The molecule has 0 amide bonds. The maximum Gasteiger partial charge on any atom is 0.341 e. The number of aryl methyl sites for hydroxylation is 1. The average Bonchev–Trinajstić information content (AvgIpc) is 2.78. The summed E-state index contributed by atoms with van der Waals surface area (Å²) in [4.78, 5) is 27.2. The van der Waals surface area contributed by atoms with Crippen LogP contribution in [0, 0.1) is 5.82 Å². The zero-order valence-electron chi connectivity index (χ0n) is 16.5. The minimum Gasteiger partial charge on any atom is -0.477 e. The van der Waals surface area contributed by atoms with E-state index < -0.39 is 17.2 Å². The molecule has 1 N–H and O–H groups in total. The van der Waals surface area contributed by atoms with Crippen molar-refractivity contribution in [1.29, 1.82) is 0 Å². The Kier molecular flexibility index (Phi) is 6.15. The van der Waals surface area contributed by atoms with Crippen molar-refractivity contribution >= 4 is 40.4 Å². The van der Waals surface area contributed by atoms with Crippen LogP contribution >= 0.6 is 23.5 Å². The molecular formula is C24H18FNO3S2. The Morgan fingerprint density at radius 3 is 2.03 bits per heavy atom. The summed E-state index contributed by atoms with van der Waals surface area (Å²) in [5.41, 5.74) is -0.517. The molecule has 4 nitrogen and oxygen atoms in total. The van der Waals surface area contributed by atoms with Gasteiger partial charge in [0.2, 0.25) is 5.43 Å². The molecule has 0 aliphatic carbocycles. The second-order valence-corrected chi connectivity index (χ2v) is 8.87. The maximum atomic E-state index is 15.4. The Morgan fingerprint density at radius 2 is 1.52 bits per heavy atom. The Labute approximate surface area is 186 Å². The molecule has 0 unspecified atom stereocenters. The summed E-state index contributed by atoms with van der Waals surface area (Å²) < 4.78 is 17.1. The molecule has 0 saturated heterocycles. The van der Waals surface area contributed by atoms with Crippen molar-refractivity contribution in [3.05, 3.63) is 94.5 Å². The Bertz CT molecular complexity index is 1320. The highest BCUT2D eigenvalue weighted by Crippen LogP contribution is 2.44. The number of pyridine rings is 1. The van der Waals surface area contributed by atoms with Gasteiger partial charge in [-0.3, -0.25) is 4.79 Å². The summed E-state index contributed by atoms with van der Waals surface area (Å²) in [5.74, 6) is -1.88. The van der Waals surface area contributed by atoms with E-state index in [0.717, 1.165) is 15.9 Å². The molecule has 0 radical (unpaired) electrons. The second-order valence-electron chi connectivity index (χ2n) is 6.71. The highest BCUT2D eigenvalue weighted by Gasteiger charge is 2.23.